The average Bonchev–Trinajstić information content (AvgIpc) is 3.26. The number of para-hydroxylation sites is 1. The van der Waals surface area contributed by atoms with Crippen LogP contribution in [0.4, 0.5) is 0 Å². The number of ether oxygens (including phenoxy) is 1. The molecule has 0 saturated carbocycles. The molecule has 0 aliphatic carbocycles. The Kier molecular flexibility index (Phi) is 7.28. The van der Waals surface area contributed by atoms with Crippen molar-refractivity contribution >= 4 is 11.6 Å². The quantitative estimate of drug-likeness (QED) is 0.358. The van der Waals surface area contributed by atoms with Gasteiger partial charge in [-0.1, -0.05) is 42.5 Å². The zero-order chi connectivity index (χ0) is 24.1. The number of hydrogen-bond donors (Lipinski definition) is 0. The van der Waals surface area contributed by atoms with Crippen LogP contribution in [-0.2, 0) is 19.7 Å². The van der Waals surface area contributed by atoms with E-state index < -0.39 is 0 Å². The van der Waals surface area contributed by atoms with E-state index >= 15 is 0 Å². The van der Waals surface area contributed by atoms with Crippen molar-refractivity contribution in [2.45, 2.75) is 33.5 Å². The first-order valence-electron chi connectivity index (χ1n) is 11.6. The number of pyridine rings is 1. The molecule has 4 rings (SSSR count). The predicted octanol–water partition coefficient (Wildman–Crippen LogP) is 4.95. The van der Waals surface area contributed by atoms with E-state index in [2.05, 4.69) is 48.2 Å². The molecule has 4 aromatic rings. The van der Waals surface area contributed by atoms with Crippen molar-refractivity contribution in [2.75, 3.05) is 20.6 Å². The summed E-state index contributed by atoms with van der Waals surface area (Å²) in [6.07, 6.45) is 3.94. The van der Waals surface area contributed by atoms with Gasteiger partial charge in [0, 0.05) is 32.0 Å². The molecule has 1 amide bonds. The fourth-order valence-electron chi connectivity index (χ4n) is 4.03. The molecule has 0 fully saturated rings. The lowest BCUT2D eigenvalue weighted by Gasteiger charge is -2.22. The van der Waals surface area contributed by atoms with E-state index in [1.807, 2.05) is 71.9 Å². The minimum Gasteiger partial charge on any atom is -0.486 e. The van der Waals surface area contributed by atoms with Crippen molar-refractivity contribution in [1.29, 1.82) is 0 Å². The third kappa shape index (κ3) is 5.46. The third-order valence-electron chi connectivity index (χ3n) is 5.78. The number of benzene rings is 2. The molecule has 0 aliphatic heterocycles. The van der Waals surface area contributed by atoms with Crippen LogP contribution in [0, 0.1) is 6.92 Å². The summed E-state index contributed by atoms with van der Waals surface area (Å²) in [5.74, 6) is 0.530. The van der Waals surface area contributed by atoms with Gasteiger partial charge in [-0.15, -0.1) is 0 Å². The molecule has 2 aromatic heterocycles. The molecule has 0 saturated heterocycles. The molecular weight excluding hydrogens is 424 g/mol. The van der Waals surface area contributed by atoms with Crippen LogP contribution < -0.4 is 4.74 Å². The van der Waals surface area contributed by atoms with Gasteiger partial charge in [-0.2, -0.15) is 0 Å². The van der Waals surface area contributed by atoms with Crippen LogP contribution in [0.3, 0.4) is 0 Å². The predicted molar refractivity (Wildman–Crippen MR) is 135 cm³/mol. The second-order valence-corrected chi connectivity index (χ2v) is 8.81. The first kappa shape index (κ1) is 23.5. The van der Waals surface area contributed by atoms with Crippen molar-refractivity contribution in [3.05, 3.63) is 101 Å². The van der Waals surface area contributed by atoms with Crippen molar-refractivity contribution in [3.63, 3.8) is 0 Å². The summed E-state index contributed by atoms with van der Waals surface area (Å²) in [6, 6.07) is 19.9. The monoisotopic (exact) mass is 456 g/mol. The highest BCUT2D eigenvalue weighted by Gasteiger charge is 2.19. The number of nitrogens with zero attached hydrogens (tertiary/aromatic N) is 4. The molecule has 6 nitrogen and oxygen atoms in total. The SMILES string of the molecule is CCN(Cc1ccc(CN(C)C)cc1)C(=O)c1ccccc1OCc1cn2cccc(C)c2n1. The number of rotatable bonds is 9. The molecule has 0 N–H and O–H groups in total. The van der Waals surface area contributed by atoms with E-state index in [0.29, 0.717) is 31.0 Å². The fraction of sp³-hybridized carbons (Fsp3) is 0.286. The minimum atomic E-state index is -0.0405. The van der Waals surface area contributed by atoms with Gasteiger partial charge in [0.25, 0.3) is 5.91 Å². The van der Waals surface area contributed by atoms with Crippen LogP contribution in [-0.4, -0.2) is 45.7 Å². The molecule has 0 aliphatic rings. The summed E-state index contributed by atoms with van der Waals surface area (Å²) < 4.78 is 8.08. The van der Waals surface area contributed by atoms with Gasteiger partial charge in [-0.05, 0) is 62.8 Å². The normalized spacial score (nSPS) is 11.2. The Labute approximate surface area is 201 Å². The second kappa shape index (κ2) is 10.5. The number of amides is 1. The molecule has 176 valence electrons. The Morgan fingerprint density at radius 3 is 2.35 bits per heavy atom. The van der Waals surface area contributed by atoms with Gasteiger partial charge in [0.2, 0.25) is 0 Å². The summed E-state index contributed by atoms with van der Waals surface area (Å²) in [4.78, 5) is 22.1. The zero-order valence-corrected chi connectivity index (χ0v) is 20.4. The highest BCUT2D eigenvalue weighted by molar-refractivity contribution is 5.96. The van der Waals surface area contributed by atoms with Crippen LogP contribution in [0.2, 0.25) is 0 Å². The molecule has 2 heterocycles. The van der Waals surface area contributed by atoms with Crippen LogP contribution in [0.15, 0.2) is 73.1 Å². The van der Waals surface area contributed by atoms with Crippen LogP contribution >= 0.6 is 0 Å². The Balaban J connectivity index is 1.47. The molecule has 0 atom stereocenters. The highest BCUT2D eigenvalue weighted by atomic mass is 16.5. The third-order valence-corrected chi connectivity index (χ3v) is 5.78. The van der Waals surface area contributed by atoms with E-state index in [1.165, 1.54) is 5.56 Å². The number of aryl methyl sites for hydroxylation is 1. The maximum Gasteiger partial charge on any atom is 0.257 e. The first-order valence-corrected chi connectivity index (χ1v) is 11.6. The first-order chi connectivity index (χ1) is 16.4. The Hall–Kier alpha value is -3.64. The minimum absolute atomic E-state index is 0.0405. The Morgan fingerprint density at radius 1 is 0.971 bits per heavy atom. The molecule has 2 aromatic carbocycles. The summed E-state index contributed by atoms with van der Waals surface area (Å²) >= 11 is 0. The molecule has 6 heteroatoms. The maximum atomic E-state index is 13.4. The summed E-state index contributed by atoms with van der Waals surface area (Å²) in [5, 5.41) is 0. The van der Waals surface area contributed by atoms with Gasteiger partial charge in [0.05, 0.1) is 11.3 Å². The Bertz CT molecular complexity index is 1260. The highest BCUT2D eigenvalue weighted by Crippen LogP contribution is 2.23. The molecular formula is C28H32N4O2. The lowest BCUT2D eigenvalue weighted by atomic mass is 10.1. The number of carbonyl (C=O) groups is 1. The van der Waals surface area contributed by atoms with E-state index in [-0.39, 0.29) is 5.91 Å². The van der Waals surface area contributed by atoms with Gasteiger partial charge in [0.1, 0.15) is 18.0 Å². The maximum absolute atomic E-state index is 13.4. The smallest absolute Gasteiger partial charge is 0.257 e. The Morgan fingerprint density at radius 2 is 1.68 bits per heavy atom. The molecule has 0 radical (unpaired) electrons. The van der Waals surface area contributed by atoms with Gasteiger partial charge >= 0.3 is 0 Å². The lowest BCUT2D eigenvalue weighted by molar-refractivity contribution is 0.0747. The van der Waals surface area contributed by atoms with Gasteiger partial charge in [-0.25, -0.2) is 4.98 Å². The van der Waals surface area contributed by atoms with Crippen molar-refractivity contribution in [2.24, 2.45) is 0 Å². The van der Waals surface area contributed by atoms with Crippen LogP contribution in [0.5, 0.6) is 5.75 Å². The molecule has 0 spiro atoms. The fourth-order valence-corrected chi connectivity index (χ4v) is 4.03. The largest absolute Gasteiger partial charge is 0.486 e. The summed E-state index contributed by atoms with van der Waals surface area (Å²) in [7, 11) is 4.11. The van der Waals surface area contributed by atoms with E-state index in [9.17, 15) is 4.79 Å². The summed E-state index contributed by atoms with van der Waals surface area (Å²) in [6.45, 7) is 6.39. The number of aromatic nitrogens is 2. The molecule has 0 bridgehead atoms. The number of carbonyl (C=O) groups excluding carboxylic acids is 1. The zero-order valence-electron chi connectivity index (χ0n) is 20.4. The topological polar surface area (TPSA) is 50.1 Å². The van der Waals surface area contributed by atoms with Gasteiger partial charge < -0.3 is 18.9 Å². The number of imidazole rings is 1. The van der Waals surface area contributed by atoms with Gasteiger partial charge in [-0.3, -0.25) is 4.79 Å². The van der Waals surface area contributed by atoms with Crippen LogP contribution in [0.25, 0.3) is 5.65 Å². The van der Waals surface area contributed by atoms with Gasteiger partial charge in [0.15, 0.2) is 0 Å². The number of hydrogen-bond acceptors (Lipinski definition) is 4. The standard InChI is InChI=1S/C28H32N4O2/c1-5-31(18-23-14-12-22(13-15-23)17-30(3)4)28(33)25-10-6-7-11-26(25)34-20-24-19-32-16-8-9-21(2)27(32)29-24/h6-16,19H,5,17-18,20H2,1-4H3. The lowest BCUT2D eigenvalue weighted by Crippen LogP contribution is -2.30. The van der Waals surface area contributed by atoms with E-state index in [4.69, 9.17) is 4.74 Å². The van der Waals surface area contributed by atoms with E-state index in [1.54, 1.807) is 0 Å². The number of fused-ring (bicyclic) bond motifs is 1. The second-order valence-electron chi connectivity index (χ2n) is 8.81. The molecule has 34 heavy (non-hydrogen) atoms. The van der Waals surface area contributed by atoms with Crippen molar-refractivity contribution < 1.29 is 9.53 Å². The molecule has 0 unspecified atom stereocenters. The van der Waals surface area contributed by atoms with Crippen molar-refractivity contribution in [3.8, 4) is 5.75 Å². The van der Waals surface area contributed by atoms with E-state index in [0.717, 1.165) is 29.0 Å². The van der Waals surface area contributed by atoms with Crippen molar-refractivity contribution in [1.82, 2.24) is 19.2 Å². The van der Waals surface area contributed by atoms with Crippen LogP contribution in [0.1, 0.15) is 39.7 Å². The average molecular weight is 457 g/mol. The summed E-state index contributed by atoms with van der Waals surface area (Å²) in [5.41, 5.74) is 5.77.